The van der Waals surface area contributed by atoms with Crippen LogP contribution in [0.2, 0.25) is 0 Å². The van der Waals surface area contributed by atoms with Gasteiger partial charge in [-0.1, -0.05) is 182 Å². The van der Waals surface area contributed by atoms with E-state index < -0.39 is 10.8 Å². The van der Waals surface area contributed by atoms with Gasteiger partial charge in [-0.15, -0.1) is 0 Å². The number of anilines is 5. The fourth-order valence-electron chi connectivity index (χ4n) is 17.2. The van der Waals surface area contributed by atoms with E-state index in [1.54, 1.807) is 0 Å². The lowest BCUT2D eigenvalue weighted by atomic mass is 9.65. The van der Waals surface area contributed by atoms with Gasteiger partial charge < -0.3 is 14.7 Å². The van der Waals surface area contributed by atoms with Gasteiger partial charge in [0, 0.05) is 46.8 Å². The summed E-state index contributed by atoms with van der Waals surface area (Å²) < 4.78 is 0. The Bertz CT molecular complexity index is 4410. The molecule has 4 atom stereocenters. The van der Waals surface area contributed by atoms with Gasteiger partial charge in [-0.2, -0.15) is 0 Å². The molecule has 0 saturated carbocycles. The van der Waals surface area contributed by atoms with Crippen LogP contribution in [0.4, 0.5) is 28.4 Å². The highest BCUT2D eigenvalue weighted by atomic mass is 15.3. The molecule has 2 spiro atoms. The summed E-state index contributed by atoms with van der Waals surface area (Å²) in [7, 11) is 0. The first-order chi connectivity index (χ1) is 40.7. The van der Waals surface area contributed by atoms with E-state index in [-0.39, 0.29) is 11.8 Å². The Hall–Kier alpha value is -9.18. The Morgan fingerprint density at radius 1 is 0.439 bits per heavy atom. The van der Waals surface area contributed by atoms with E-state index in [0.29, 0.717) is 0 Å². The van der Waals surface area contributed by atoms with Gasteiger partial charge in [0.25, 0.3) is 0 Å². The Labute approximate surface area is 481 Å². The molecule has 8 aromatic carbocycles. The minimum absolute atomic E-state index is 0.213. The molecule has 0 radical (unpaired) electrons. The van der Waals surface area contributed by atoms with E-state index in [9.17, 15) is 0 Å². The van der Waals surface area contributed by atoms with Crippen LogP contribution in [-0.4, -0.2) is 6.54 Å². The molecule has 3 nitrogen and oxygen atoms in total. The van der Waals surface area contributed by atoms with E-state index >= 15 is 0 Å². The second kappa shape index (κ2) is 17.7. The Kier molecular flexibility index (Phi) is 10.0. The third-order valence-electron chi connectivity index (χ3n) is 20.4. The van der Waals surface area contributed by atoms with Gasteiger partial charge in [-0.3, -0.25) is 0 Å². The molecule has 2 heterocycles. The van der Waals surface area contributed by atoms with Gasteiger partial charge in [0.1, 0.15) is 0 Å². The molecule has 18 rings (SSSR count). The highest BCUT2D eigenvalue weighted by molar-refractivity contribution is 5.98. The van der Waals surface area contributed by atoms with Crippen LogP contribution in [0.15, 0.2) is 265 Å². The summed E-state index contributed by atoms with van der Waals surface area (Å²) in [5.41, 5.74) is 33.2. The van der Waals surface area contributed by atoms with Crippen molar-refractivity contribution < 1.29 is 0 Å². The first kappa shape index (κ1) is 46.6. The number of nitrogens with zero attached hydrogens (tertiary/aromatic N) is 3. The number of hydrogen-bond acceptors (Lipinski definition) is 3. The van der Waals surface area contributed by atoms with Crippen LogP contribution in [0.5, 0.6) is 0 Å². The summed E-state index contributed by atoms with van der Waals surface area (Å²) in [5.74, 6) is 0.480. The van der Waals surface area contributed by atoms with Crippen molar-refractivity contribution in [3.8, 4) is 22.3 Å². The summed E-state index contributed by atoms with van der Waals surface area (Å²) in [6.07, 6.45) is 37.5. The van der Waals surface area contributed by atoms with E-state index in [2.05, 4.69) is 264 Å². The number of allylic oxidation sites excluding steroid dienone is 15. The van der Waals surface area contributed by atoms with E-state index in [1.807, 2.05) is 0 Å². The molecule has 82 heavy (non-hydrogen) atoms. The van der Waals surface area contributed by atoms with Crippen molar-refractivity contribution >= 4 is 46.2 Å². The molecule has 8 aliphatic carbocycles. The molecule has 4 unspecified atom stereocenters. The fourth-order valence-corrected chi connectivity index (χ4v) is 17.2. The Morgan fingerprint density at radius 2 is 1.06 bits per heavy atom. The number of para-hydroxylation sites is 3. The molecular formula is C79H61N3. The zero-order valence-electron chi connectivity index (χ0n) is 46.0. The first-order valence-corrected chi connectivity index (χ1v) is 30.2. The maximum atomic E-state index is 2.67. The maximum absolute atomic E-state index is 2.67. The molecule has 2 aliphatic heterocycles. The van der Waals surface area contributed by atoms with Crippen LogP contribution in [0.1, 0.15) is 113 Å². The highest BCUT2D eigenvalue weighted by Crippen LogP contribution is 2.67. The van der Waals surface area contributed by atoms with Crippen molar-refractivity contribution in [3.63, 3.8) is 0 Å². The number of hydrogen-bond donors (Lipinski definition) is 0. The lowest BCUT2D eigenvalue weighted by molar-refractivity contribution is 0.465. The molecule has 0 bridgehead atoms. The van der Waals surface area contributed by atoms with Crippen LogP contribution in [0.25, 0.3) is 40.0 Å². The van der Waals surface area contributed by atoms with Gasteiger partial charge in [0.15, 0.2) is 0 Å². The highest BCUT2D eigenvalue weighted by Gasteiger charge is 2.58. The molecule has 3 heteroatoms. The average molecular weight is 1050 g/mol. The van der Waals surface area contributed by atoms with Gasteiger partial charge in [-0.25, -0.2) is 0 Å². The van der Waals surface area contributed by atoms with Crippen molar-refractivity contribution in [1.82, 2.24) is 0 Å². The summed E-state index contributed by atoms with van der Waals surface area (Å²) in [6, 6.07) is 68.3. The molecule has 8 aromatic rings. The van der Waals surface area contributed by atoms with Gasteiger partial charge in [0.05, 0.1) is 27.9 Å². The lowest BCUT2D eigenvalue weighted by Gasteiger charge is -2.43. The van der Waals surface area contributed by atoms with Crippen LogP contribution in [-0.2, 0) is 10.8 Å². The van der Waals surface area contributed by atoms with Crippen LogP contribution in [0.3, 0.4) is 0 Å². The Morgan fingerprint density at radius 3 is 1.90 bits per heavy atom. The molecule has 0 N–H and O–H groups in total. The fraction of sp³-hybridized carbons (Fsp3) is 0.165. The molecule has 0 fully saturated rings. The van der Waals surface area contributed by atoms with Gasteiger partial charge in [0.2, 0.25) is 0 Å². The molecule has 392 valence electrons. The van der Waals surface area contributed by atoms with Crippen LogP contribution >= 0.6 is 0 Å². The maximum Gasteiger partial charge on any atom is 0.0723 e. The van der Waals surface area contributed by atoms with Crippen molar-refractivity contribution in [2.45, 2.75) is 68.1 Å². The normalized spacial score (nSPS) is 23.2. The minimum Gasteiger partial charge on any atom is -0.345 e. The standard InChI is InChI=1S/C79H61N3/c1-2-21-54(22-3-1)81-74-32-14-16-34-76(74)82(77-35-17-15-33-75(77)81)56-41-45-64-62-43-39-52(48-70(62)79(72(64)50-56)67-29-11-7-25-59(67)60-26-8-12-30-68(60)79)37-36-51-38-42-61-63-44-40-55(80-46-18-20-53-19-4-13-31-73(53)80)49-71(63)78(69(61)47-51)65-27-9-5-23-57(65)58-24-6-10-28-66(58)78/h1-5,7-12,14-16,19,21-23,25-30,32-34,36-45,47-50,59,67H,6,13,17-18,20,24,31,35,46H2/b37-36+. The average Bonchev–Trinajstić information content (AvgIpc) is 3.19. The van der Waals surface area contributed by atoms with Crippen molar-refractivity contribution in [2.75, 3.05) is 21.2 Å². The Balaban J connectivity index is 0.776. The number of benzene rings is 8. The quantitative estimate of drug-likeness (QED) is 0.159. The molecule has 10 aliphatic rings. The van der Waals surface area contributed by atoms with Crippen LogP contribution < -0.4 is 14.7 Å². The SMILES string of the molecule is C1=CC2c3ccccc3C3(c4cc(/C=C/c5ccc6c(c5)C5(C7=C(CCC=C7)c7ccccc75)c5cc(N7CCCC8=C7CCC=C8)ccc5-6)ccc4-c4ccc(N5C6=C(C=CCC6)N(c6ccccc6)c6ccccc65)cc43)C2C=C1. The smallest absolute Gasteiger partial charge is 0.0723 e. The second-order valence-electron chi connectivity index (χ2n) is 24.2. The zero-order chi connectivity index (χ0) is 53.7. The number of rotatable bonds is 5. The predicted molar refractivity (Wildman–Crippen MR) is 340 cm³/mol. The molecule has 0 aromatic heterocycles. The summed E-state index contributed by atoms with van der Waals surface area (Å²) in [6.45, 7) is 1.07. The van der Waals surface area contributed by atoms with Crippen molar-refractivity contribution in [3.05, 3.63) is 321 Å². The molecule has 0 saturated heterocycles. The monoisotopic (exact) mass is 1050 g/mol. The summed E-state index contributed by atoms with van der Waals surface area (Å²) in [5, 5.41) is 0. The zero-order valence-corrected chi connectivity index (χ0v) is 46.0. The third kappa shape index (κ3) is 6.26. The van der Waals surface area contributed by atoms with Crippen LogP contribution in [0, 0.1) is 5.92 Å². The van der Waals surface area contributed by atoms with E-state index in [0.717, 1.165) is 45.1 Å². The topological polar surface area (TPSA) is 9.72 Å². The van der Waals surface area contributed by atoms with E-state index in [1.165, 1.54) is 153 Å². The largest absolute Gasteiger partial charge is 0.345 e. The molecular weight excluding hydrogens is 991 g/mol. The minimum atomic E-state index is -0.401. The first-order valence-electron chi connectivity index (χ1n) is 30.2. The van der Waals surface area contributed by atoms with Gasteiger partial charge in [-0.05, 0) is 213 Å². The number of fused-ring (bicyclic) bond motifs is 20. The second-order valence-corrected chi connectivity index (χ2v) is 24.2. The molecule has 0 amide bonds. The lowest BCUT2D eigenvalue weighted by Crippen LogP contribution is -2.34. The van der Waals surface area contributed by atoms with Crippen molar-refractivity contribution in [1.29, 1.82) is 0 Å². The van der Waals surface area contributed by atoms with Crippen molar-refractivity contribution in [2.24, 2.45) is 5.92 Å². The van der Waals surface area contributed by atoms with Gasteiger partial charge >= 0.3 is 0 Å². The third-order valence-corrected chi connectivity index (χ3v) is 20.4. The summed E-state index contributed by atoms with van der Waals surface area (Å²) in [4.78, 5) is 7.72. The predicted octanol–water partition coefficient (Wildman–Crippen LogP) is 19.5. The summed E-state index contributed by atoms with van der Waals surface area (Å²) >= 11 is 0. The van der Waals surface area contributed by atoms with E-state index in [4.69, 9.17) is 0 Å².